The van der Waals surface area contributed by atoms with Crippen molar-refractivity contribution >= 4 is 5.69 Å². The maximum atomic E-state index is 5.92. The summed E-state index contributed by atoms with van der Waals surface area (Å²) in [6.07, 6.45) is 3.48. The summed E-state index contributed by atoms with van der Waals surface area (Å²) < 4.78 is 10.5. The van der Waals surface area contributed by atoms with Gasteiger partial charge in [0.2, 0.25) is 0 Å². The molecule has 88 valence electrons. The molecule has 2 rings (SSSR count). The number of hydrogen-bond donors (Lipinski definition) is 1. The molecule has 0 spiro atoms. The minimum absolute atomic E-state index is 0.554. The average molecular weight is 230 g/mol. The van der Waals surface area contributed by atoms with Gasteiger partial charge in [0.25, 0.3) is 0 Å². The number of pyridine rings is 1. The van der Waals surface area contributed by atoms with E-state index in [1.165, 1.54) is 0 Å². The molecule has 0 amide bonds. The standard InChI is InChI=1S/C13H14N2O2/c1-16-12-8-10(7-11(14)13(12)17-2)9-3-5-15-6-4-9/h3-8H,14H2,1-2H3. The van der Waals surface area contributed by atoms with Crippen molar-refractivity contribution in [3.05, 3.63) is 36.7 Å². The smallest absolute Gasteiger partial charge is 0.183 e. The Bertz CT molecular complexity index is 512. The van der Waals surface area contributed by atoms with E-state index in [1.54, 1.807) is 26.6 Å². The zero-order valence-corrected chi connectivity index (χ0v) is 9.81. The van der Waals surface area contributed by atoms with Gasteiger partial charge in [-0.25, -0.2) is 0 Å². The molecule has 1 aromatic heterocycles. The van der Waals surface area contributed by atoms with Crippen molar-refractivity contribution in [2.45, 2.75) is 0 Å². The summed E-state index contributed by atoms with van der Waals surface area (Å²) in [5.74, 6) is 1.18. The average Bonchev–Trinajstić information content (AvgIpc) is 2.38. The van der Waals surface area contributed by atoms with Gasteiger partial charge in [-0.2, -0.15) is 0 Å². The number of hydrogen-bond acceptors (Lipinski definition) is 4. The van der Waals surface area contributed by atoms with Crippen LogP contribution in [0.3, 0.4) is 0 Å². The largest absolute Gasteiger partial charge is 0.493 e. The number of ether oxygens (including phenoxy) is 2. The Kier molecular flexibility index (Phi) is 3.14. The van der Waals surface area contributed by atoms with Gasteiger partial charge in [-0.1, -0.05) is 0 Å². The molecule has 0 radical (unpaired) electrons. The molecule has 1 heterocycles. The topological polar surface area (TPSA) is 57.4 Å². The number of rotatable bonds is 3. The molecule has 0 aliphatic rings. The third-order valence-electron chi connectivity index (χ3n) is 2.52. The van der Waals surface area contributed by atoms with Gasteiger partial charge in [0.1, 0.15) is 0 Å². The molecule has 4 nitrogen and oxygen atoms in total. The van der Waals surface area contributed by atoms with Crippen LogP contribution in [0.4, 0.5) is 5.69 Å². The van der Waals surface area contributed by atoms with Gasteiger partial charge in [-0.3, -0.25) is 4.98 Å². The Morgan fingerprint density at radius 3 is 2.29 bits per heavy atom. The van der Waals surface area contributed by atoms with E-state index in [1.807, 2.05) is 24.3 Å². The molecule has 1 aromatic carbocycles. The highest BCUT2D eigenvalue weighted by Gasteiger charge is 2.10. The van der Waals surface area contributed by atoms with Crippen molar-refractivity contribution < 1.29 is 9.47 Å². The molecule has 4 heteroatoms. The molecule has 0 fully saturated rings. The summed E-state index contributed by atoms with van der Waals surface area (Å²) in [7, 11) is 3.16. The minimum atomic E-state index is 0.554. The minimum Gasteiger partial charge on any atom is -0.493 e. The maximum absolute atomic E-state index is 5.92. The van der Waals surface area contributed by atoms with Crippen molar-refractivity contribution in [2.75, 3.05) is 20.0 Å². The van der Waals surface area contributed by atoms with Gasteiger partial charge in [0.05, 0.1) is 19.9 Å². The van der Waals surface area contributed by atoms with E-state index in [0.717, 1.165) is 11.1 Å². The number of aromatic nitrogens is 1. The van der Waals surface area contributed by atoms with Crippen LogP contribution in [-0.4, -0.2) is 19.2 Å². The second kappa shape index (κ2) is 4.74. The van der Waals surface area contributed by atoms with E-state index in [4.69, 9.17) is 15.2 Å². The molecule has 0 aliphatic carbocycles. The summed E-state index contributed by atoms with van der Waals surface area (Å²) in [5.41, 5.74) is 8.49. The molecule has 2 aromatic rings. The number of nitrogen functional groups attached to an aromatic ring is 1. The summed E-state index contributed by atoms with van der Waals surface area (Å²) in [5, 5.41) is 0. The van der Waals surface area contributed by atoms with Gasteiger partial charge < -0.3 is 15.2 Å². The van der Waals surface area contributed by atoms with E-state index >= 15 is 0 Å². The normalized spacial score (nSPS) is 10.0. The molecule has 0 unspecified atom stereocenters. The van der Waals surface area contributed by atoms with E-state index in [2.05, 4.69) is 4.98 Å². The third-order valence-corrected chi connectivity index (χ3v) is 2.52. The first-order chi connectivity index (χ1) is 8.26. The lowest BCUT2D eigenvalue weighted by Gasteiger charge is -2.12. The summed E-state index contributed by atoms with van der Waals surface area (Å²) in [4.78, 5) is 3.98. The monoisotopic (exact) mass is 230 g/mol. The summed E-state index contributed by atoms with van der Waals surface area (Å²) in [6.45, 7) is 0. The van der Waals surface area contributed by atoms with Gasteiger partial charge in [0, 0.05) is 12.4 Å². The first kappa shape index (κ1) is 11.3. The lowest BCUT2D eigenvalue weighted by molar-refractivity contribution is 0.356. The number of anilines is 1. The van der Waals surface area contributed by atoms with Gasteiger partial charge >= 0.3 is 0 Å². The second-order valence-electron chi connectivity index (χ2n) is 3.54. The predicted molar refractivity (Wildman–Crippen MR) is 67.2 cm³/mol. The van der Waals surface area contributed by atoms with Crippen LogP contribution in [0.2, 0.25) is 0 Å². The first-order valence-electron chi connectivity index (χ1n) is 5.18. The van der Waals surface area contributed by atoms with Crippen LogP contribution in [-0.2, 0) is 0 Å². The molecule has 0 aliphatic heterocycles. The SMILES string of the molecule is COc1cc(-c2ccncc2)cc(N)c1OC. The first-order valence-corrected chi connectivity index (χ1v) is 5.18. The summed E-state index contributed by atoms with van der Waals surface area (Å²) in [6, 6.07) is 7.59. The number of methoxy groups -OCH3 is 2. The fraction of sp³-hybridized carbons (Fsp3) is 0.154. The van der Waals surface area contributed by atoms with Crippen molar-refractivity contribution in [3.63, 3.8) is 0 Å². The van der Waals surface area contributed by atoms with E-state index in [-0.39, 0.29) is 0 Å². The van der Waals surface area contributed by atoms with E-state index in [0.29, 0.717) is 17.2 Å². The van der Waals surface area contributed by atoms with Gasteiger partial charge in [-0.05, 0) is 35.4 Å². The lowest BCUT2D eigenvalue weighted by atomic mass is 10.1. The van der Waals surface area contributed by atoms with Crippen molar-refractivity contribution in [1.29, 1.82) is 0 Å². The van der Waals surface area contributed by atoms with Crippen LogP contribution in [0.25, 0.3) is 11.1 Å². The Hall–Kier alpha value is -2.23. The number of nitrogens with two attached hydrogens (primary N) is 1. The lowest BCUT2D eigenvalue weighted by Crippen LogP contribution is -1.97. The number of nitrogens with zero attached hydrogens (tertiary/aromatic N) is 1. The zero-order chi connectivity index (χ0) is 12.3. The third kappa shape index (κ3) is 2.15. The Balaban J connectivity index is 2.54. The quantitative estimate of drug-likeness (QED) is 0.822. The zero-order valence-electron chi connectivity index (χ0n) is 9.81. The summed E-state index contributed by atoms with van der Waals surface area (Å²) >= 11 is 0. The van der Waals surface area contributed by atoms with Crippen molar-refractivity contribution in [1.82, 2.24) is 4.98 Å². The highest BCUT2D eigenvalue weighted by molar-refractivity contribution is 5.74. The van der Waals surface area contributed by atoms with Crippen LogP contribution < -0.4 is 15.2 Å². The molecule has 0 saturated heterocycles. The van der Waals surface area contributed by atoms with Crippen LogP contribution >= 0.6 is 0 Å². The van der Waals surface area contributed by atoms with Crippen LogP contribution in [0, 0.1) is 0 Å². The Labute approximate surface area is 100 Å². The highest BCUT2D eigenvalue weighted by atomic mass is 16.5. The Morgan fingerprint density at radius 1 is 1.00 bits per heavy atom. The predicted octanol–water partition coefficient (Wildman–Crippen LogP) is 2.35. The molecule has 0 atom stereocenters. The maximum Gasteiger partial charge on any atom is 0.183 e. The molecule has 0 saturated carbocycles. The van der Waals surface area contributed by atoms with Gasteiger partial charge in [0.15, 0.2) is 11.5 Å². The molecular formula is C13H14N2O2. The van der Waals surface area contributed by atoms with Gasteiger partial charge in [-0.15, -0.1) is 0 Å². The van der Waals surface area contributed by atoms with Crippen LogP contribution in [0.1, 0.15) is 0 Å². The van der Waals surface area contributed by atoms with Crippen LogP contribution in [0.5, 0.6) is 11.5 Å². The van der Waals surface area contributed by atoms with E-state index in [9.17, 15) is 0 Å². The van der Waals surface area contributed by atoms with Crippen LogP contribution in [0.15, 0.2) is 36.7 Å². The second-order valence-corrected chi connectivity index (χ2v) is 3.54. The molecule has 2 N–H and O–H groups in total. The van der Waals surface area contributed by atoms with Crippen molar-refractivity contribution in [3.8, 4) is 22.6 Å². The molecular weight excluding hydrogens is 216 g/mol. The molecule has 17 heavy (non-hydrogen) atoms. The Morgan fingerprint density at radius 2 is 1.71 bits per heavy atom. The number of benzene rings is 1. The van der Waals surface area contributed by atoms with Crippen molar-refractivity contribution in [2.24, 2.45) is 0 Å². The molecule has 0 bridgehead atoms. The highest BCUT2D eigenvalue weighted by Crippen LogP contribution is 2.37. The fourth-order valence-corrected chi connectivity index (χ4v) is 1.70. The fourth-order valence-electron chi connectivity index (χ4n) is 1.70. The van der Waals surface area contributed by atoms with E-state index < -0.39 is 0 Å².